The lowest BCUT2D eigenvalue weighted by atomic mass is 10.0. The maximum Gasteiger partial charge on any atom is 0.249 e. The van der Waals surface area contributed by atoms with Crippen molar-refractivity contribution in [1.29, 1.82) is 5.26 Å². The van der Waals surface area contributed by atoms with Gasteiger partial charge in [0.15, 0.2) is 0 Å². The number of hydrogen-bond donors (Lipinski definition) is 0. The second-order valence-electron chi connectivity index (χ2n) is 5.29. The SMILES string of the molecule is N#Cc1ccc2c(OCc3ccccc3)cc(C(=O)N=[N+]=[N-])cc2c1. The highest BCUT2D eigenvalue weighted by molar-refractivity contribution is 6.01. The van der Waals surface area contributed by atoms with Crippen LogP contribution in [0, 0.1) is 11.3 Å². The molecule has 0 aliphatic carbocycles. The number of hydrogen-bond acceptors (Lipinski definition) is 3. The van der Waals surface area contributed by atoms with Crippen LogP contribution in [0.1, 0.15) is 21.5 Å². The number of azide groups is 1. The molecule has 0 atom stereocenters. The number of amides is 1. The highest BCUT2D eigenvalue weighted by Crippen LogP contribution is 2.29. The van der Waals surface area contributed by atoms with Crippen LogP contribution in [0.15, 0.2) is 65.8 Å². The van der Waals surface area contributed by atoms with Gasteiger partial charge in [-0.15, -0.1) is 0 Å². The van der Waals surface area contributed by atoms with Crippen molar-refractivity contribution < 1.29 is 9.53 Å². The van der Waals surface area contributed by atoms with Crippen LogP contribution in [0.4, 0.5) is 0 Å². The molecule has 3 aromatic carbocycles. The van der Waals surface area contributed by atoms with Gasteiger partial charge in [0.1, 0.15) is 12.4 Å². The molecule has 0 aromatic heterocycles. The zero-order valence-electron chi connectivity index (χ0n) is 13.1. The van der Waals surface area contributed by atoms with Crippen LogP contribution in [0.25, 0.3) is 21.2 Å². The highest BCUT2D eigenvalue weighted by atomic mass is 16.5. The minimum absolute atomic E-state index is 0.212. The van der Waals surface area contributed by atoms with Crippen LogP contribution >= 0.6 is 0 Å². The average Bonchev–Trinajstić information content (AvgIpc) is 2.66. The Hall–Kier alpha value is -3.81. The number of carbonyl (C=O) groups is 1. The Balaban J connectivity index is 2.06. The van der Waals surface area contributed by atoms with E-state index in [0.29, 0.717) is 23.3 Å². The molecule has 0 fully saturated rings. The average molecular weight is 328 g/mol. The monoisotopic (exact) mass is 328 g/mol. The van der Waals surface area contributed by atoms with E-state index in [0.717, 1.165) is 10.9 Å². The lowest BCUT2D eigenvalue weighted by Gasteiger charge is -2.11. The first-order valence-corrected chi connectivity index (χ1v) is 7.45. The standard InChI is InChI=1S/C19H12N4O2/c20-11-14-6-7-17-15(8-14)9-16(19(24)22-23-21)10-18(17)25-12-13-4-2-1-3-5-13/h1-10H,12H2. The van der Waals surface area contributed by atoms with Crippen LogP contribution in [0.2, 0.25) is 0 Å². The molecular weight excluding hydrogens is 316 g/mol. The van der Waals surface area contributed by atoms with Crippen molar-refractivity contribution >= 4 is 16.7 Å². The molecule has 1 amide bonds. The smallest absolute Gasteiger partial charge is 0.249 e. The Bertz CT molecular complexity index is 1030. The van der Waals surface area contributed by atoms with E-state index < -0.39 is 5.91 Å². The number of rotatable bonds is 4. The summed E-state index contributed by atoms with van der Waals surface area (Å²) in [4.78, 5) is 14.5. The van der Waals surface area contributed by atoms with Crippen LogP contribution in [-0.4, -0.2) is 5.91 Å². The van der Waals surface area contributed by atoms with E-state index in [1.165, 1.54) is 0 Å². The number of ether oxygens (including phenoxy) is 1. The van der Waals surface area contributed by atoms with Gasteiger partial charge in [-0.1, -0.05) is 30.3 Å². The fourth-order valence-corrected chi connectivity index (χ4v) is 2.48. The fraction of sp³-hybridized carbons (Fsp3) is 0.0526. The first-order valence-electron chi connectivity index (χ1n) is 7.45. The summed E-state index contributed by atoms with van der Waals surface area (Å²) in [5.41, 5.74) is 10.1. The summed E-state index contributed by atoms with van der Waals surface area (Å²) < 4.78 is 5.88. The maximum atomic E-state index is 11.9. The van der Waals surface area contributed by atoms with E-state index in [2.05, 4.69) is 16.1 Å². The molecule has 0 bridgehead atoms. The molecule has 0 aliphatic heterocycles. The molecule has 3 rings (SSSR count). The second kappa shape index (κ2) is 7.18. The van der Waals surface area contributed by atoms with Gasteiger partial charge in [-0.2, -0.15) is 5.26 Å². The molecule has 0 saturated carbocycles. The van der Waals surface area contributed by atoms with Crippen molar-refractivity contribution in [2.24, 2.45) is 5.11 Å². The van der Waals surface area contributed by atoms with Gasteiger partial charge in [0.2, 0.25) is 5.91 Å². The molecule has 6 nitrogen and oxygen atoms in total. The lowest BCUT2D eigenvalue weighted by Crippen LogP contribution is -1.99. The van der Waals surface area contributed by atoms with Gasteiger partial charge in [0, 0.05) is 15.9 Å². The minimum Gasteiger partial charge on any atom is -0.488 e. The molecular formula is C19H12N4O2. The van der Waals surface area contributed by atoms with Gasteiger partial charge in [-0.05, 0) is 51.9 Å². The summed E-state index contributed by atoms with van der Waals surface area (Å²) in [5.74, 6) is -0.210. The number of benzene rings is 3. The number of nitrogens with zero attached hydrogens (tertiary/aromatic N) is 4. The third-order valence-corrected chi connectivity index (χ3v) is 3.66. The summed E-state index contributed by atoms with van der Waals surface area (Å²) in [6.45, 7) is 0.328. The summed E-state index contributed by atoms with van der Waals surface area (Å²) in [7, 11) is 0. The molecule has 0 heterocycles. The first kappa shape index (κ1) is 16.1. The lowest BCUT2D eigenvalue weighted by molar-refractivity contribution is 0.1000. The molecule has 0 spiro atoms. The van der Waals surface area contributed by atoms with Crippen molar-refractivity contribution in [3.8, 4) is 11.8 Å². The predicted molar refractivity (Wildman–Crippen MR) is 92.9 cm³/mol. The Morgan fingerprint density at radius 3 is 2.68 bits per heavy atom. The zero-order valence-corrected chi connectivity index (χ0v) is 13.1. The Morgan fingerprint density at radius 1 is 1.16 bits per heavy atom. The topological polar surface area (TPSA) is 98.8 Å². The number of nitriles is 1. The molecule has 0 unspecified atom stereocenters. The maximum absolute atomic E-state index is 11.9. The van der Waals surface area contributed by atoms with E-state index in [1.807, 2.05) is 30.3 Å². The third kappa shape index (κ3) is 3.58. The van der Waals surface area contributed by atoms with Gasteiger partial charge < -0.3 is 4.74 Å². The van der Waals surface area contributed by atoms with Crippen LogP contribution in [-0.2, 0) is 6.61 Å². The highest BCUT2D eigenvalue weighted by Gasteiger charge is 2.11. The Kier molecular flexibility index (Phi) is 4.61. The molecule has 0 aliphatic rings. The normalized spacial score (nSPS) is 9.88. The summed E-state index contributed by atoms with van der Waals surface area (Å²) in [6, 6.07) is 19.9. The first-order chi connectivity index (χ1) is 12.2. The number of carbonyl (C=O) groups excluding carboxylic acids is 1. The predicted octanol–water partition coefficient (Wildman–Crippen LogP) is 4.74. The van der Waals surface area contributed by atoms with Gasteiger partial charge in [0.25, 0.3) is 0 Å². The van der Waals surface area contributed by atoms with Crippen molar-refractivity contribution in [2.75, 3.05) is 0 Å². The van der Waals surface area contributed by atoms with E-state index in [9.17, 15) is 4.79 Å². The minimum atomic E-state index is -0.698. The molecule has 3 aromatic rings. The quantitative estimate of drug-likeness (QED) is 0.393. The van der Waals surface area contributed by atoms with Crippen molar-refractivity contribution in [1.82, 2.24) is 0 Å². The van der Waals surface area contributed by atoms with Crippen molar-refractivity contribution in [2.45, 2.75) is 6.61 Å². The van der Waals surface area contributed by atoms with Crippen molar-refractivity contribution in [3.05, 3.63) is 87.8 Å². The Morgan fingerprint density at radius 2 is 1.96 bits per heavy atom. The molecule has 6 heteroatoms. The van der Waals surface area contributed by atoms with Crippen LogP contribution in [0.3, 0.4) is 0 Å². The van der Waals surface area contributed by atoms with E-state index in [4.69, 9.17) is 15.5 Å². The van der Waals surface area contributed by atoms with Gasteiger partial charge in [-0.3, -0.25) is 4.79 Å². The molecule has 0 N–H and O–H groups in total. The van der Waals surface area contributed by atoms with Crippen LogP contribution in [0.5, 0.6) is 5.75 Å². The van der Waals surface area contributed by atoms with Crippen LogP contribution < -0.4 is 4.74 Å². The summed E-state index contributed by atoms with van der Waals surface area (Å²) in [5, 5.41) is 13.6. The van der Waals surface area contributed by atoms with Gasteiger partial charge in [-0.25, -0.2) is 0 Å². The second-order valence-corrected chi connectivity index (χ2v) is 5.29. The van der Waals surface area contributed by atoms with E-state index >= 15 is 0 Å². The van der Waals surface area contributed by atoms with E-state index in [-0.39, 0.29) is 5.56 Å². The number of fused-ring (bicyclic) bond motifs is 1. The largest absolute Gasteiger partial charge is 0.488 e. The fourth-order valence-electron chi connectivity index (χ4n) is 2.48. The molecule has 25 heavy (non-hydrogen) atoms. The molecule has 0 radical (unpaired) electrons. The van der Waals surface area contributed by atoms with E-state index in [1.54, 1.807) is 30.3 Å². The summed E-state index contributed by atoms with van der Waals surface area (Å²) >= 11 is 0. The zero-order chi connectivity index (χ0) is 17.6. The van der Waals surface area contributed by atoms with Gasteiger partial charge >= 0.3 is 0 Å². The van der Waals surface area contributed by atoms with Crippen molar-refractivity contribution in [3.63, 3.8) is 0 Å². The Labute approximate surface area is 143 Å². The van der Waals surface area contributed by atoms with Gasteiger partial charge in [0.05, 0.1) is 11.6 Å². The molecule has 120 valence electrons. The summed E-state index contributed by atoms with van der Waals surface area (Å²) in [6.07, 6.45) is 0. The molecule has 0 saturated heterocycles. The third-order valence-electron chi connectivity index (χ3n) is 3.66.